The van der Waals surface area contributed by atoms with Crippen LogP contribution in [0.1, 0.15) is 50.1 Å². The van der Waals surface area contributed by atoms with Gasteiger partial charge in [-0.1, -0.05) is 13.8 Å². The summed E-state index contributed by atoms with van der Waals surface area (Å²) in [6, 6.07) is 0. The van der Waals surface area contributed by atoms with E-state index in [9.17, 15) is 9.59 Å². The van der Waals surface area contributed by atoms with E-state index in [0.29, 0.717) is 18.9 Å². The lowest BCUT2D eigenvalue weighted by molar-refractivity contribution is -0.140. The number of aliphatic carboxylic acids is 1. The number of hydrogen-bond acceptors (Lipinski definition) is 3. The molecule has 6 heteroatoms. The highest BCUT2D eigenvalue weighted by molar-refractivity contribution is 5.79. The van der Waals surface area contributed by atoms with Gasteiger partial charge < -0.3 is 10.0 Å². The molecular weight excluding hydrogens is 306 g/mol. The molecule has 1 N–H and O–H groups in total. The maximum atomic E-state index is 12.7. The van der Waals surface area contributed by atoms with Gasteiger partial charge in [0, 0.05) is 37.3 Å². The molecule has 1 saturated heterocycles. The molecule has 0 bridgehead atoms. The molecule has 134 valence electrons. The van der Waals surface area contributed by atoms with E-state index in [1.165, 1.54) is 0 Å². The van der Waals surface area contributed by atoms with E-state index in [1.807, 2.05) is 23.4 Å². The highest BCUT2D eigenvalue weighted by atomic mass is 16.4. The third-order valence-corrected chi connectivity index (χ3v) is 4.73. The van der Waals surface area contributed by atoms with E-state index < -0.39 is 5.97 Å². The van der Waals surface area contributed by atoms with Gasteiger partial charge in [0.2, 0.25) is 5.91 Å². The summed E-state index contributed by atoms with van der Waals surface area (Å²) in [7, 11) is 0. The number of carbonyl (C=O) groups is 2. The number of piperidine rings is 1. The Morgan fingerprint density at radius 3 is 2.67 bits per heavy atom. The van der Waals surface area contributed by atoms with Crippen molar-refractivity contribution >= 4 is 11.9 Å². The van der Waals surface area contributed by atoms with Gasteiger partial charge in [-0.2, -0.15) is 5.10 Å². The lowest BCUT2D eigenvalue weighted by Gasteiger charge is -2.32. The fourth-order valence-electron chi connectivity index (χ4n) is 3.48. The third-order valence-electron chi connectivity index (χ3n) is 4.73. The van der Waals surface area contributed by atoms with Gasteiger partial charge in [0.15, 0.2) is 0 Å². The number of likely N-dealkylation sites (tertiary alicyclic amines) is 1. The number of aromatic nitrogens is 2. The highest BCUT2D eigenvalue weighted by Gasteiger charge is 2.26. The van der Waals surface area contributed by atoms with Crippen molar-refractivity contribution in [3.05, 3.63) is 17.0 Å². The molecule has 1 aliphatic rings. The monoisotopic (exact) mass is 335 g/mol. The summed E-state index contributed by atoms with van der Waals surface area (Å²) in [5.74, 6) is -0.118. The Kier molecular flexibility index (Phi) is 6.02. The second-order valence-corrected chi connectivity index (χ2v) is 7.35. The molecule has 1 amide bonds. The van der Waals surface area contributed by atoms with Crippen molar-refractivity contribution in [1.82, 2.24) is 14.7 Å². The number of rotatable bonds is 6. The standard InChI is InChI=1S/C18H29N3O3/c1-12(2)10-21-14(4)16(13(3)19-21)9-17(22)20-7-5-6-15(11-20)8-18(23)24/h12,15H,5-11H2,1-4H3,(H,23,24). The number of carboxylic acid groups (broad SMARTS) is 1. The van der Waals surface area contributed by atoms with Crippen molar-refractivity contribution in [3.63, 3.8) is 0 Å². The van der Waals surface area contributed by atoms with Crippen LogP contribution in [0.15, 0.2) is 0 Å². The molecule has 0 radical (unpaired) electrons. The van der Waals surface area contributed by atoms with Gasteiger partial charge in [0.1, 0.15) is 0 Å². The van der Waals surface area contributed by atoms with Gasteiger partial charge in [0.05, 0.1) is 12.1 Å². The van der Waals surface area contributed by atoms with E-state index in [2.05, 4.69) is 18.9 Å². The molecular formula is C18H29N3O3. The fourth-order valence-corrected chi connectivity index (χ4v) is 3.48. The summed E-state index contributed by atoms with van der Waals surface area (Å²) in [5, 5.41) is 13.5. The Bertz CT molecular complexity index is 607. The molecule has 0 aromatic carbocycles. The predicted octanol–water partition coefficient (Wildman–Crippen LogP) is 2.41. The average molecular weight is 335 g/mol. The zero-order valence-electron chi connectivity index (χ0n) is 15.2. The van der Waals surface area contributed by atoms with Gasteiger partial charge >= 0.3 is 5.97 Å². The Balaban J connectivity index is 2.04. The molecule has 6 nitrogen and oxygen atoms in total. The van der Waals surface area contributed by atoms with Crippen LogP contribution in [0.2, 0.25) is 0 Å². The van der Waals surface area contributed by atoms with Crippen molar-refractivity contribution in [2.75, 3.05) is 13.1 Å². The first-order valence-electron chi connectivity index (χ1n) is 8.80. The maximum absolute atomic E-state index is 12.7. The number of amides is 1. The number of nitrogens with zero attached hydrogens (tertiary/aromatic N) is 3. The number of carbonyl (C=O) groups excluding carboxylic acids is 1. The number of hydrogen-bond donors (Lipinski definition) is 1. The smallest absolute Gasteiger partial charge is 0.303 e. The molecule has 1 aromatic rings. The lowest BCUT2D eigenvalue weighted by Crippen LogP contribution is -2.41. The van der Waals surface area contributed by atoms with Crippen molar-refractivity contribution in [3.8, 4) is 0 Å². The zero-order valence-corrected chi connectivity index (χ0v) is 15.2. The molecule has 2 heterocycles. The van der Waals surface area contributed by atoms with Crippen LogP contribution in [0.5, 0.6) is 0 Å². The van der Waals surface area contributed by atoms with E-state index >= 15 is 0 Å². The topological polar surface area (TPSA) is 75.4 Å². The van der Waals surface area contributed by atoms with Crippen molar-refractivity contribution in [2.24, 2.45) is 11.8 Å². The molecule has 1 atom stereocenters. The fraction of sp³-hybridized carbons (Fsp3) is 0.722. The first-order chi connectivity index (χ1) is 11.3. The van der Waals surface area contributed by atoms with Crippen LogP contribution in [0.25, 0.3) is 0 Å². The quantitative estimate of drug-likeness (QED) is 0.866. The lowest BCUT2D eigenvalue weighted by atomic mass is 9.94. The molecule has 1 unspecified atom stereocenters. The minimum absolute atomic E-state index is 0.0751. The van der Waals surface area contributed by atoms with Crippen LogP contribution in [0, 0.1) is 25.7 Å². The Hall–Kier alpha value is -1.85. The molecule has 0 aliphatic carbocycles. The summed E-state index contributed by atoms with van der Waals surface area (Å²) in [6.45, 7) is 10.4. The van der Waals surface area contributed by atoms with Crippen LogP contribution >= 0.6 is 0 Å². The van der Waals surface area contributed by atoms with Crippen LogP contribution < -0.4 is 0 Å². The van der Waals surface area contributed by atoms with E-state index in [4.69, 9.17) is 5.11 Å². The summed E-state index contributed by atoms with van der Waals surface area (Å²) >= 11 is 0. The first-order valence-corrected chi connectivity index (χ1v) is 8.80. The summed E-state index contributed by atoms with van der Waals surface area (Å²) < 4.78 is 1.99. The highest BCUT2D eigenvalue weighted by Crippen LogP contribution is 2.22. The normalized spacial score (nSPS) is 18.2. The predicted molar refractivity (Wildman–Crippen MR) is 91.8 cm³/mol. The van der Waals surface area contributed by atoms with Gasteiger partial charge in [-0.3, -0.25) is 14.3 Å². The SMILES string of the molecule is Cc1nn(CC(C)C)c(C)c1CC(=O)N1CCCC(CC(=O)O)C1. The Labute approximate surface area is 143 Å². The second-order valence-electron chi connectivity index (χ2n) is 7.35. The second kappa shape index (κ2) is 7.81. The van der Waals surface area contributed by atoms with Crippen molar-refractivity contribution in [1.29, 1.82) is 0 Å². The first kappa shape index (κ1) is 18.5. The summed E-state index contributed by atoms with van der Waals surface area (Å²) in [4.78, 5) is 25.4. The van der Waals surface area contributed by atoms with Crippen LogP contribution in [-0.2, 0) is 22.6 Å². The van der Waals surface area contributed by atoms with Gasteiger partial charge in [-0.15, -0.1) is 0 Å². The van der Waals surface area contributed by atoms with E-state index in [0.717, 1.165) is 42.9 Å². The molecule has 24 heavy (non-hydrogen) atoms. The Morgan fingerprint density at radius 1 is 1.33 bits per heavy atom. The minimum Gasteiger partial charge on any atom is -0.481 e. The molecule has 1 aromatic heterocycles. The van der Waals surface area contributed by atoms with E-state index in [1.54, 1.807) is 0 Å². The van der Waals surface area contributed by atoms with Gasteiger partial charge in [0.25, 0.3) is 0 Å². The van der Waals surface area contributed by atoms with Crippen LogP contribution in [0.4, 0.5) is 0 Å². The van der Waals surface area contributed by atoms with E-state index in [-0.39, 0.29) is 18.2 Å². The molecule has 0 saturated carbocycles. The molecule has 1 aliphatic heterocycles. The summed E-state index contributed by atoms with van der Waals surface area (Å²) in [5.41, 5.74) is 3.00. The Morgan fingerprint density at radius 2 is 2.04 bits per heavy atom. The zero-order chi connectivity index (χ0) is 17.9. The number of aryl methyl sites for hydroxylation is 1. The van der Waals surface area contributed by atoms with Crippen LogP contribution in [0.3, 0.4) is 0 Å². The molecule has 1 fully saturated rings. The molecule has 0 spiro atoms. The van der Waals surface area contributed by atoms with Crippen molar-refractivity contribution in [2.45, 2.75) is 59.9 Å². The number of carboxylic acids is 1. The van der Waals surface area contributed by atoms with Gasteiger partial charge in [-0.25, -0.2) is 0 Å². The average Bonchev–Trinajstić information content (AvgIpc) is 2.73. The molecule has 2 rings (SSSR count). The minimum atomic E-state index is -0.782. The third kappa shape index (κ3) is 4.58. The van der Waals surface area contributed by atoms with Crippen LogP contribution in [-0.4, -0.2) is 44.8 Å². The largest absolute Gasteiger partial charge is 0.481 e. The maximum Gasteiger partial charge on any atom is 0.303 e. The summed E-state index contributed by atoms with van der Waals surface area (Å²) in [6.07, 6.45) is 2.28. The van der Waals surface area contributed by atoms with Crippen molar-refractivity contribution < 1.29 is 14.7 Å². The van der Waals surface area contributed by atoms with Gasteiger partial charge in [-0.05, 0) is 38.5 Å².